The first-order valence-electron chi connectivity index (χ1n) is 5.62. The van der Waals surface area contributed by atoms with Gasteiger partial charge in [0.2, 0.25) is 5.75 Å². The maximum Gasteiger partial charge on any atom is 0.330 e. The molecule has 5 nitrogen and oxygen atoms in total. The minimum Gasteiger partial charge on any atom is -0.449 e. The van der Waals surface area contributed by atoms with Gasteiger partial charge in [0, 0.05) is 10.7 Å². The summed E-state index contributed by atoms with van der Waals surface area (Å²) in [6, 6.07) is 3.63. The molecule has 0 N–H and O–H groups in total. The Bertz CT molecular complexity index is 666. The molecule has 0 amide bonds. The van der Waals surface area contributed by atoms with Crippen molar-refractivity contribution in [2.24, 2.45) is 0 Å². The zero-order chi connectivity index (χ0) is 14.9. The van der Waals surface area contributed by atoms with Crippen molar-refractivity contribution < 1.29 is 9.66 Å². The Balaban J connectivity index is 2.47. The first-order chi connectivity index (χ1) is 9.40. The van der Waals surface area contributed by atoms with E-state index < -0.39 is 4.92 Å². The normalized spacial score (nSPS) is 10.4. The lowest BCUT2D eigenvalue weighted by molar-refractivity contribution is -0.386. The van der Waals surface area contributed by atoms with Gasteiger partial charge in [0.1, 0.15) is 11.9 Å². The highest BCUT2D eigenvalue weighted by molar-refractivity contribution is 9.10. The molecule has 0 aliphatic rings. The molecule has 0 fully saturated rings. The second-order valence-electron chi connectivity index (χ2n) is 4.20. The molecule has 1 aromatic heterocycles. The van der Waals surface area contributed by atoms with Crippen LogP contribution in [-0.4, -0.2) is 9.91 Å². The first kappa shape index (κ1) is 14.9. The van der Waals surface area contributed by atoms with E-state index >= 15 is 0 Å². The van der Waals surface area contributed by atoms with E-state index in [1.807, 2.05) is 26.0 Å². The van der Waals surface area contributed by atoms with E-state index in [1.54, 1.807) is 0 Å². The van der Waals surface area contributed by atoms with Gasteiger partial charge in [-0.2, -0.15) is 0 Å². The highest BCUT2D eigenvalue weighted by atomic mass is 79.9. The molecule has 0 unspecified atom stereocenters. The number of aryl methyl sites for hydroxylation is 2. The number of nitrogens with zero attached hydrogens (tertiary/aromatic N) is 2. The topological polar surface area (TPSA) is 65.3 Å². The van der Waals surface area contributed by atoms with Crippen molar-refractivity contribution in [2.45, 2.75) is 13.8 Å². The van der Waals surface area contributed by atoms with Crippen LogP contribution in [0.3, 0.4) is 0 Å². The summed E-state index contributed by atoms with van der Waals surface area (Å²) in [5, 5.41) is 11.0. The van der Waals surface area contributed by atoms with Gasteiger partial charge in [-0.05, 0) is 53.0 Å². The third-order valence-corrected chi connectivity index (χ3v) is 4.48. The molecule has 0 aliphatic carbocycles. The number of hydrogen-bond acceptors (Lipinski definition) is 4. The molecule has 7 heteroatoms. The number of ether oxygens (including phenoxy) is 1. The van der Waals surface area contributed by atoms with Crippen LogP contribution in [0.15, 0.2) is 33.5 Å². The number of halogens is 2. The standard InChI is InChI=1S/C13H10Br2N2O3/c1-7-3-9(4-8(2)12(7)15)20-13-10(14)5-16-6-11(13)17(18)19/h3-6H,1-2H3. The van der Waals surface area contributed by atoms with Crippen LogP contribution in [0.4, 0.5) is 5.69 Å². The molecule has 0 saturated carbocycles. The van der Waals surface area contributed by atoms with Crippen LogP contribution in [0.5, 0.6) is 11.5 Å². The lowest BCUT2D eigenvalue weighted by Crippen LogP contribution is -1.96. The van der Waals surface area contributed by atoms with Crippen molar-refractivity contribution in [3.05, 3.63) is 54.7 Å². The summed E-state index contributed by atoms with van der Waals surface area (Å²) in [5.74, 6) is 0.685. The predicted octanol–water partition coefficient (Wildman–Crippen LogP) is 4.92. The van der Waals surface area contributed by atoms with Crippen LogP contribution in [0.2, 0.25) is 0 Å². The largest absolute Gasteiger partial charge is 0.449 e. The summed E-state index contributed by atoms with van der Waals surface area (Å²) < 4.78 is 7.10. The molecule has 1 heterocycles. The van der Waals surface area contributed by atoms with Crippen molar-refractivity contribution >= 4 is 37.5 Å². The summed E-state index contributed by atoms with van der Waals surface area (Å²) in [6.45, 7) is 3.86. The molecule has 1 aromatic carbocycles. The summed E-state index contributed by atoms with van der Waals surface area (Å²) >= 11 is 6.69. The molecule has 0 radical (unpaired) electrons. The van der Waals surface area contributed by atoms with Crippen LogP contribution in [0.1, 0.15) is 11.1 Å². The van der Waals surface area contributed by atoms with Gasteiger partial charge in [-0.3, -0.25) is 15.1 Å². The fraction of sp³-hybridized carbons (Fsp3) is 0.154. The molecule has 2 rings (SSSR count). The Kier molecular flexibility index (Phi) is 4.39. The Morgan fingerprint density at radius 1 is 1.20 bits per heavy atom. The molecule has 0 atom stereocenters. The number of nitro groups is 1. The Morgan fingerprint density at radius 3 is 2.35 bits per heavy atom. The smallest absolute Gasteiger partial charge is 0.330 e. The zero-order valence-electron chi connectivity index (χ0n) is 10.7. The van der Waals surface area contributed by atoms with Crippen molar-refractivity contribution in [1.29, 1.82) is 0 Å². The van der Waals surface area contributed by atoms with Crippen molar-refractivity contribution in [3.8, 4) is 11.5 Å². The fourth-order valence-electron chi connectivity index (χ4n) is 1.73. The van der Waals surface area contributed by atoms with E-state index in [-0.39, 0.29) is 11.4 Å². The van der Waals surface area contributed by atoms with Crippen LogP contribution < -0.4 is 4.74 Å². The SMILES string of the molecule is Cc1cc(Oc2c(Br)cncc2[N+](=O)[O-])cc(C)c1Br. The minimum atomic E-state index is -0.522. The number of aromatic nitrogens is 1. The quantitative estimate of drug-likeness (QED) is 0.540. The number of benzene rings is 1. The summed E-state index contributed by atoms with van der Waals surface area (Å²) in [4.78, 5) is 14.3. The van der Waals surface area contributed by atoms with Gasteiger partial charge >= 0.3 is 5.69 Å². The molecular formula is C13H10Br2N2O3. The van der Waals surface area contributed by atoms with Crippen LogP contribution in [0.25, 0.3) is 0 Å². The van der Waals surface area contributed by atoms with Crippen LogP contribution in [0, 0.1) is 24.0 Å². The Morgan fingerprint density at radius 2 is 1.80 bits per heavy atom. The fourth-order valence-corrected chi connectivity index (χ4v) is 2.36. The monoisotopic (exact) mass is 400 g/mol. The highest BCUT2D eigenvalue weighted by Crippen LogP contribution is 2.38. The van der Waals surface area contributed by atoms with Gasteiger partial charge in [-0.25, -0.2) is 0 Å². The second kappa shape index (κ2) is 5.88. The third-order valence-electron chi connectivity index (χ3n) is 2.66. The van der Waals surface area contributed by atoms with Gasteiger partial charge in [-0.1, -0.05) is 15.9 Å². The molecule has 2 aromatic rings. The predicted molar refractivity (Wildman–Crippen MR) is 82.3 cm³/mol. The highest BCUT2D eigenvalue weighted by Gasteiger charge is 2.20. The average molecular weight is 402 g/mol. The lowest BCUT2D eigenvalue weighted by atomic mass is 10.1. The molecule has 0 spiro atoms. The molecule has 0 bridgehead atoms. The van der Waals surface area contributed by atoms with E-state index in [1.165, 1.54) is 12.4 Å². The first-order valence-corrected chi connectivity index (χ1v) is 7.21. The number of pyridine rings is 1. The van der Waals surface area contributed by atoms with Gasteiger partial charge in [-0.15, -0.1) is 0 Å². The Hall–Kier alpha value is -1.47. The maximum atomic E-state index is 11.0. The minimum absolute atomic E-state index is 0.145. The summed E-state index contributed by atoms with van der Waals surface area (Å²) in [6.07, 6.45) is 2.62. The molecule has 0 saturated heterocycles. The average Bonchev–Trinajstić information content (AvgIpc) is 2.38. The molecule has 104 valence electrons. The van der Waals surface area contributed by atoms with Crippen molar-refractivity contribution in [2.75, 3.05) is 0 Å². The van der Waals surface area contributed by atoms with Crippen LogP contribution >= 0.6 is 31.9 Å². The second-order valence-corrected chi connectivity index (χ2v) is 5.85. The van der Waals surface area contributed by atoms with Gasteiger partial charge in [0.05, 0.1) is 9.40 Å². The zero-order valence-corrected chi connectivity index (χ0v) is 13.9. The Labute approximate surface area is 132 Å². The van der Waals surface area contributed by atoms with E-state index in [4.69, 9.17) is 4.74 Å². The van der Waals surface area contributed by atoms with Crippen molar-refractivity contribution in [1.82, 2.24) is 4.98 Å². The summed E-state index contributed by atoms with van der Waals surface area (Å²) in [5.41, 5.74) is 1.80. The third kappa shape index (κ3) is 2.99. The van der Waals surface area contributed by atoms with Gasteiger partial charge in [0.25, 0.3) is 0 Å². The van der Waals surface area contributed by atoms with Gasteiger partial charge in [0.15, 0.2) is 0 Å². The van der Waals surface area contributed by atoms with E-state index in [0.29, 0.717) is 10.2 Å². The lowest BCUT2D eigenvalue weighted by Gasteiger charge is -2.11. The molecule has 20 heavy (non-hydrogen) atoms. The van der Waals surface area contributed by atoms with Crippen LogP contribution in [-0.2, 0) is 0 Å². The summed E-state index contributed by atoms with van der Waals surface area (Å²) in [7, 11) is 0. The van der Waals surface area contributed by atoms with E-state index in [2.05, 4.69) is 36.8 Å². The van der Waals surface area contributed by atoms with Gasteiger partial charge < -0.3 is 4.74 Å². The number of rotatable bonds is 3. The van der Waals surface area contributed by atoms with E-state index in [9.17, 15) is 10.1 Å². The van der Waals surface area contributed by atoms with E-state index in [0.717, 1.165) is 15.6 Å². The molecular weight excluding hydrogens is 392 g/mol. The number of hydrogen-bond donors (Lipinski definition) is 0. The maximum absolute atomic E-state index is 11.0. The molecule has 0 aliphatic heterocycles. The van der Waals surface area contributed by atoms with Crippen molar-refractivity contribution in [3.63, 3.8) is 0 Å².